The molecule has 78 valence electrons. The van der Waals surface area contributed by atoms with Crippen LogP contribution in [0.4, 0.5) is 0 Å². The van der Waals surface area contributed by atoms with E-state index in [1.54, 1.807) is 23.7 Å². The highest BCUT2D eigenvalue weighted by Crippen LogP contribution is 2.16. The van der Waals surface area contributed by atoms with Gasteiger partial charge in [0.05, 0.1) is 15.0 Å². The van der Waals surface area contributed by atoms with Crippen molar-refractivity contribution in [2.75, 3.05) is 0 Å². The number of carbonyl (C=O) groups is 1. The first-order valence-corrected chi connectivity index (χ1v) is 6.22. The zero-order chi connectivity index (χ0) is 10.7. The third-order valence-corrected chi connectivity index (χ3v) is 3.59. The van der Waals surface area contributed by atoms with Gasteiger partial charge < -0.3 is 10.3 Å². The first kappa shape index (κ1) is 10.6. The van der Waals surface area contributed by atoms with Crippen LogP contribution in [-0.2, 0) is 6.54 Å². The summed E-state index contributed by atoms with van der Waals surface area (Å²) in [5, 5.41) is 4.63. The summed E-state index contributed by atoms with van der Waals surface area (Å²) >= 11 is 3.75. The third kappa shape index (κ3) is 2.78. The molecule has 0 unspecified atom stereocenters. The summed E-state index contributed by atoms with van der Waals surface area (Å²) in [5.74, 6) is 0.693. The van der Waals surface area contributed by atoms with Gasteiger partial charge in [0, 0.05) is 17.8 Å². The molecule has 0 saturated heterocycles. The number of aromatic nitrogens is 2. The Balaban J connectivity index is 1.93. The van der Waals surface area contributed by atoms with Gasteiger partial charge in [0.15, 0.2) is 0 Å². The van der Waals surface area contributed by atoms with Gasteiger partial charge in [-0.2, -0.15) is 0 Å². The van der Waals surface area contributed by atoms with Gasteiger partial charge in [-0.05, 0) is 28.7 Å². The van der Waals surface area contributed by atoms with Crippen LogP contribution >= 0.6 is 33.9 Å². The van der Waals surface area contributed by atoms with Gasteiger partial charge in [-0.15, -0.1) is 11.3 Å². The topological polar surface area (TPSA) is 57.8 Å². The maximum atomic E-state index is 11.6. The van der Waals surface area contributed by atoms with Gasteiger partial charge in [-0.1, -0.05) is 0 Å². The highest BCUT2D eigenvalue weighted by Gasteiger charge is 2.07. The van der Waals surface area contributed by atoms with Crippen molar-refractivity contribution in [1.29, 1.82) is 0 Å². The normalized spacial score (nSPS) is 10.2. The Morgan fingerprint density at radius 1 is 1.67 bits per heavy atom. The molecule has 0 aliphatic heterocycles. The van der Waals surface area contributed by atoms with E-state index >= 15 is 0 Å². The van der Waals surface area contributed by atoms with Crippen LogP contribution < -0.4 is 5.32 Å². The molecule has 0 aromatic carbocycles. The Bertz CT molecular complexity index is 452. The number of hydrogen-bond acceptors (Lipinski definition) is 3. The number of nitrogens with zero attached hydrogens (tertiary/aromatic N) is 1. The van der Waals surface area contributed by atoms with E-state index < -0.39 is 0 Å². The van der Waals surface area contributed by atoms with E-state index in [0.717, 1.165) is 8.71 Å². The average Bonchev–Trinajstić information content (AvgIpc) is 2.84. The molecule has 0 atom stereocenters. The smallest absolute Gasteiger partial charge is 0.252 e. The Morgan fingerprint density at radius 2 is 2.53 bits per heavy atom. The van der Waals surface area contributed by atoms with E-state index in [4.69, 9.17) is 0 Å². The molecule has 0 fully saturated rings. The molecule has 1 amide bonds. The van der Waals surface area contributed by atoms with Crippen molar-refractivity contribution in [3.63, 3.8) is 0 Å². The van der Waals surface area contributed by atoms with E-state index in [-0.39, 0.29) is 5.91 Å². The Hall–Kier alpha value is -0.890. The molecule has 2 rings (SSSR count). The summed E-state index contributed by atoms with van der Waals surface area (Å²) in [7, 11) is 0. The molecule has 2 N–H and O–H groups in total. The van der Waals surface area contributed by atoms with Gasteiger partial charge in [0.25, 0.3) is 5.91 Å². The standard InChI is InChI=1S/C9H8IN3OS/c10-7-3-6(5-15-7)9(14)13-4-8-11-1-2-12-8/h1-3,5H,4H2,(H,11,12)(H,13,14). The molecule has 0 aliphatic rings. The van der Waals surface area contributed by atoms with E-state index in [1.165, 1.54) is 0 Å². The van der Waals surface area contributed by atoms with Crippen molar-refractivity contribution in [3.8, 4) is 0 Å². The summed E-state index contributed by atoms with van der Waals surface area (Å²) in [6.07, 6.45) is 3.39. The summed E-state index contributed by atoms with van der Waals surface area (Å²) in [5.41, 5.74) is 0.705. The molecule has 2 heterocycles. The van der Waals surface area contributed by atoms with Crippen molar-refractivity contribution in [1.82, 2.24) is 15.3 Å². The number of hydrogen-bond donors (Lipinski definition) is 2. The van der Waals surface area contributed by atoms with Crippen molar-refractivity contribution in [3.05, 3.63) is 38.1 Å². The Kier molecular flexibility index (Phi) is 3.37. The summed E-state index contributed by atoms with van der Waals surface area (Å²) in [6.45, 7) is 0.429. The van der Waals surface area contributed by atoms with Crippen LogP contribution in [0, 0.1) is 2.88 Å². The highest BCUT2D eigenvalue weighted by atomic mass is 127. The lowest BCUT2D eigenvalue weighted by Crippen LogP contribution is -2.22. The van der Waals surface area contributed by atoms with Gasteiger partial charge in [-0.3, -0.25) is 4.79 Å². The van der Waals surface area contributed by atoms with Crippen molar-refractivity contribution in [2.45, 2.75) is 6.54 Å². The largest absolute Gasteiger partial charge is 0.347 e. The van der Waals surface area contributed by atoms with Gasteiger partial charge in [0.2, 0.25) is 0 Å². The number of imidazole rings is 1. The quantitative estimate of drug-likeness (QED) is 0.845. The number of H-pyrrole nitrogens is 1. The zero-order valence-electron chi connectivity index (χ0n) is 7.66. The molecule has 2 aromatic heterocycles. The summed E-state index contributed by atoms with van der Waals surface area (Å²) in [4.78, 5) is 18.5. The fourth-order valence-corrected chi connectivity index (χ4v) is 2.42. The molecule has 4 nitrogen and oxygen atoms in total. The number of aromatic amines is 1. The maximum absolute atomic E-state index is 11.6. The van der Waals surface area contributed by atoms with Crippen LogP contribution in [-0.4, -0.2) is 15.9 Å². The summed E-state index contributed by atoms with van der Waals surface area (Å²) in [6, 6.07) is 1.86. The second-order valence-electron chi connectivity index (χ2n) is 2.86. The Morgan fingerprint density at radius 3 is 3.13 bits per heavy atom. The van der Waals surface area contributed by atoms with Gasteiger partial charge in [0.1, 0.15) is 5.82 Å². The zero-order valence-corrected chi connectivity index (χ0v) is 10.6. The molecular formula is C9H8IN3OS. The molecule has 0 bridgehead atoms. The molecule has 6 heteroatoms. The van der Waals surface area contributed by atoms with E-state index in [2.05, 4.69) is 37.9 Å². The van der Waals surface area contributed by atoms with E-state index in [1.807, 2.05) is 11.4 Å². The minimum Gasteiger partial charge on any atom is -0.347 e. The lowest BCUT2D eigenvalue weighted by atomic mass is 10.3. The minimum absolute atomic E-state index is 0.0643. The van der Waals surface area contributed by atoms with E-state index in [9.17, 15) is 4.79 Å². The fourth-order valence-electron chi connectivity index (χ4n) is 1.09. The SMILES string of the molecule is O=C(NCc1ncc[nH]1)c1csc(I)c1. The average molecular weight is 333 g/mol. The van der Waals surface area contributed by atoms with Crippen molar-refractivity contribution in [2.24, 2.45) is 0 Å². The van der Waals surface area contributed by atoms with Crippen LogP contribution in [0.5, 0.6) is 0 Å². The lowest BCUT2D eigenvalue weighted by Gasteiger charge is -2.00. The van der Waals surface area contributed by atoms with E-state index in [0.29, 0.717) is 12.1 Å². The lowest BCUT2D eigenvalue weighted by molar-refractivity contribution is 0.0950. The van der Waals surface area contributed by atoms with Crippen LogP contribution in [0.25, 0.3) is 0 Å². The number of amides is 1. The second-order valence-corrected chi connectivity index (χ2v) is 5.66. The Labute approximate surface area is 104 Å². The molecule has 0 radical (unpaired) electrons. The molecule has 0 spiro atoms. The van der Waals surface area contributed by atoms with Crippen LogP contribution in [0.2, 0.25) is 0 Å². The number of halogens is 1. The second kappa shape index (κ2) is 4.75. The molecule has 15 heavy (non-hydrogen) atoms. The number of rotatable bonds is 3. The summed E-state index contributed by atoms with van der Waals surface area (Å²) < 4.78 is 1.11. The van der Waals surface area contributed by atoms with Gasteiger partial charge >= 0.3 is 0 Å². The number of carbonyl (C=O) groups excluding carboxylic acids is 1. The van der Waals surface area contributed by atoms with Crippen molar-refractivity contribution < 1.29 is 4.79 Å². The monoisotopic (exact) mass is 333 g/mol. The van der Waals surface area contributed by atoms with Crippen LogP contribution in [0.3, 0.4) is 0 Å². The number of nitrogens with one attached hydrogen (secondary N) is 2. The fraction of sp³-hybridized carbons (Fsp3) is 0.111. The third-order valence-electron chi connectivity index (χ3n) is 1.80. The first-order chi connectivity index (χ1) is 7.25. The number of thiophene rings is 1. The minimum atomic E-state index is -0.0643. The predicted molar refractivity (Wildman–Crippen MR) is 66.8 cm³/mol. The molecule has 0 saturated carbocycles. The first-order valence-electron chi connectivity index (χ1n) is 4.26. The van der Waals surface area contributed by atoms with Crippen LogP contribution in [0.15, 0.2) is 23.8 Å². The predicted octanol–water partition coefficient (Wildman–Crippen LogP) is 2.01. The highest BCUT2D eigenvalue weighted by molar-refractivity contribution is 14.1. The van der Waals surface area contributed by atoms with Crippen LogP contribution in [0.1, 0.15) is 16.2 Å². The maximum Gasteiger partial charge on any atom is 0.252 e. The molecular weight excluding hydrogens is 325 g/mol. The van der Waals surface area contributed by atoms with Crippen molar-refractivity contribution >= 4 is 39.8 Å². The molecule has 2 aromatic rings. The molecule has 0 aliphatic carbocycles. The van der Waals surface area contributed by atoms with Gasteiger partial charge in [-0.25, -0.2) is 4.98 Å².